The molecule has 2 rings (SSSR count). The fourth-order valence-corrected chi connectivity index (χ4v) is 2.90. The number of hydrogen-bond donors (Lipinski definition) is 2. The molecule has 0 aliphatic carbocycles. The Morgan fingerprint density at radius 3 is 2.65 bits per heavy atom. The lowest BCUT2D eigenvalue weighted by Gasteiger charge is -2.10. The molecule has 26 heavy (non-hydrogen) atoms. The average Bonchev–Trinajstić information content (AvgIpc) is 2.61. The van der Waals surface area contributed by atoms with E-state index in [2.05, 4.69) is 33.1 Å². The summed E-state index contributed by atoms with van der Waals surface area (Å²) in [6.07, 6.45) is 1.37. The van der Waals surface area contributed by atoms with Crippen molar-refractivity contribution in [3.05, 3.63) is 55.1 Å². The highest BCUT2D eigenvalue weighted by Crippen LogP contribution is 2.33. The number of non-ortho nitro benzene ring substituents is 1. The molecule has 0 aromatic heterocycles. The molecule has 0 radical (unpaired) electrons. The Labute approximate surface area is 161 Å². The molecule has 136 valence electrons. The van der Waals surface area contributed by atoms with E-state index in [0.717, 1.165) is 21.8 Å². The van der Waals surface area contributed by atoms with Gasteiger partial charge in [0.25, 0.3) is 11.6 Å². The molecule has 1 amide bonds. The van der Waals surface area contributed by atoms with Crippen LogP contribution in [0, 0.1) is 13.7 Å². The standard InChI is InChI=1S/C16H14IN3O6/c1-25-14-6-9(5-12(17)15(14)26-2)8-18-19-16(22)11-7-10(20(23)24)3-4-13(11)21/h3-8,21H,1-2H3,(H,19,22). The van der Waals surface area contributed by atoms with E-state index in [9.17, 15) is 20.0 Å². The van der Waals surface area contributed by atoms with Crippen LogP contribution >= 0.6 is 22.6 Å². The van der Waals surface area contributed by atoms with Crippen LogP contribution in [0.25, 0.3) is 0 Å². The molecule has 0 saturated heterocycles. The fourth-order valence-electron chi connectivity index (χ4n) is 2.06. The van der Waals surface area contributed by atoms with Crippen LogP contribution in [-0.4, -0.2) is 36.4 Å². The number of nitrogens with zero attached hydrogens (tertiary/aromatic N) is 2. The van der Waals surface area contributed by atoms with E-state index in [1.54, 1.807) is 12.1 Å². The number of amides is 1. The third kappa shape index (κ3) is 4.39. The maximum Gasteiger partial charge on any atom is 0.275 e. The molecule has 9 nitrogen and oxygen atoms in total. The van der Waals surface area contributed by atoms with Crippen LogP contribution in [0.2, 0.25) is 0 Å². The van der Waals surface area contributed by atoms with Gasteiger partial charge in [-0.3, -0.25) is 14.9 Å². The monoisotopic (exact) mass is 471 g/mol. The number of nitrogens with one attached hydrogen (secondary N) is 1. The third-order valence-corrected chi connectivity index (χ3v) is 4.07. The lowest BCUT2D eigenvalue weighted by atomic mass is 10.1. The molecule has 0 spiro atoms. The zero-order chi connectivity index (χ0) is 19.3. The number of benzene rings is 2. The molecule has 2 aromatic carbocycles. The van der Waals surface area contributed by atoms with Crippen molar-refractivity contribution in [1.82, 2.24) is 5.43 Å². The van der Waals surface area contributed by atoms with E-state index in [1.807, 2.05) is 0 Å². The third-order valence-electron chi connectivity index (χ3n) is 3.27. The van der Waals surface area contributed by atoms with Gasteiger partial charge in [0, 0.05) is 12.1 Å². The van der Waals surface area contributed by atoms with Crippen molar-refractivity contribution in [2.75, 3.05) is 14.2 Å². The number of hydrazone groups is 1. The Morgan fingerprint density at radius 1 is 1.31 bits per heavy atom. The van der Waals surface area contributed by atoms with Crippen LogP contribution < -0.4 is 14.9 Å². The van der Waals surface area contributed by atoms with Gasteiger partial charge in [-0.15, -0.1) is 0 Å². The van der Waals surface area contributed by atoms with Gasteiger partial charge in [0.15, 0.2) is 11.5 Å². The maximum atomic E-state index is 12.1. The van der Waals surface area contributed by atoms with Crippen LogP contribution in [0.15, 0.2) is 35.4 Å². The van der Waals surface area contributed by atoms with Gasteiger partial charge in [-0.25, -0.2) is 5.43 Å². The molecule has 10 heteroatoms. The Morgan fingerprint density at radius 2 is 2.04 bits per heavy atom. The Bertz CT molecular complexity index is 885. The fraction of sp³-hybridized carbons (Fsp3) is 0.125. The lowest BCUT2D eigenvalue weighted by Crippen LogP contribution is -2.18. The molecule has 0 unspecified atom stereocenters. The van der Waals surface area contributed by atoms with Crippen LogP contribution in [0.5, 0.6) is 17.2 Å². The first-order valence-electron chi connectivity index (χ1n) is 7.09. The van der Waals surface area contributed by atoms with Crippen LogP contribution in [-0.2, 0) is 0 Å². The molecule has 0 aliphatic heterocycles. The van der Waals surface area contributed by atoms with Gasteiger partial charge >= 0.3 is 0 Å². The normalized spacial score (nSPS) is 10.6. The van der Waals surface area contributed by atoms with E-state index in [-0.39, 0.29) is 17.0 Å². The number of methoxy groups -OCH3 is 2. The van der Waals surface area contributed by atoms with Gasteiger partial charge in [-0.05, 0) is 46.4 Å². The van der Waals surface area contributed by atoms with Crippen molar-refractivity contribution >= 4 is 40.4 Å². The first-order chi connectivity index (χ1) is 12.4. The van der Waals surface area contributed by atoms with Gasteiger partial charge in [-0.2, -0.15) is 5.10 Å². The number of carbonyl (C=O) groups is 1. The van der Waals surface area contributed by atoms with Gasteiger partial charge < -0.3 is 14.6 Å². The van der Waals surface area contributed by atoms with Gasteiger partial charge in [0.05, 0.1) is 34.5 Å². The zero-order valence-corrected chi connectivity index (χ0v) is 15.9. The highest BCUT2D eigenvalue weighted by molar-refractivity contribution is 14.1. The Hall–Kier alpha value is -2.89. The zero-order valence-electron chi connectivity index (χ0n) is 13.7. The number of carbonyl (C=O) groups excluding carboxylic acids is 1. The number of phenolic OH excluding ortho intramolecular Hbond substituents is 1. The van der Waals surface area contributed by atoms with Crippen molar-refractivity contribution < 1.29 is 24.3 Å². The summed E-state index contributed by atoms with van der Waals surface area (Å²) in [5.41, 5.74) is 2.28. The Balaban J connectivity index is 2.18. The lowest BCUT2D eigenvalue weighted by molar-refractivity contribution is -0.384. The minimum atomic E-state index is -0.780. The molecule has 0 aliphatic rings. The van der Waals surface area contributed by atoms with Gasteiger partial charge in [0.1, 0.15) is 5.75 Å². The second-order valence-corrected chi connectivity index (χ2v) is 6.06. The van der Waals surface area contributed by atoms with Gasteiger partial charge in [-0.1, -0.05) is 0 Å². The molecular weight excluding hydrogens is 457 g/mol. The quantitative estimate of drug-likeness (QED) is 0.289. The second kappa shape index (κ2) is 8.47. The van der Waals surface area contributed by atoms with Crippen molar-refractivity contribution in [1.29, 1.82) is 0 Å². The number of nitro benzene ring substituents is 1. The number of nitro groups is 1. The van der Waals surface area contributed by atoms with Crippen molar-refractivity contribution in [3.8, 4) is 17.2 Å². The topological polar surface area (TPSA) is 123 Å². The molecule has 0 fully saturated rings. The Kier molecular flexibility index (Phi) is 6.33. The predicted octanol–water partition coefficient (Wildman–Crippen LogP) is 2.69. The minimum absolute atomic E-state index is 0.252. The van der Waals surface area contributed by atoms with Crippen molar-refractivity contribution in [2.45, 2.75) is 0 Å². The van der Waals surface area contributed by atoms with E-state index in [1.165, 1.54) is 20.4 Å². The van der Waals surface area contributed by atoms with E-state index >= 15 is 0 Å². The van der Waals surface area contributed by atoms with E-state index in [4.69, 9.17) is 9.47 Å². The number of halogens is 1. The highest BCUT2D eigenvalue weighted by Gasteiger charge is 2.16. The summed E-state index contributed by atoms with van der Waals surface area (Å²) in [4.78, 5) is 22.2. The number of phenols is 1. The molecule has 0 saturated carbocycles. The molecule has 2 N–H and O–H groups in total. The van der Waals surface area contributed by atoms with Crippen molar-refractivity contribution in [3.63, 3.8) is 0 Å². The molecule has 0 atom stereocenters. The summed E-state index contributed by atoms with van der Waals surface area (Å²) in [5.74, 6) is -0.0825. The van der Waals surface area contributed by atoms with E-state index in [0.29, 0.717) is 17.1 Å². The summed E-state index contributed by atoms with van der Waals surface area (Å²) < 4.78 is 11.3. The minimum Gasteiger partial charge on any atom is -0.507 e. The number of hydrogen-bond acceptors (Lipinski definition) is 7. The summed E-state index contributed by atoms with van der Waals surface area (Å²) >= 11 is 2.07. The summed E-state index contributed by atoms with van der Waals surface area (Å²) in [7, 11) is 3.03. The molecule has 2 aromatic rings. The van der Waals surface area contributed by atoms with E-state index < -0.39 is 10.8 Å². The second-order valence-electron chi connectivity index (χ2n) is 4.90. The highest BCUT2D eigenvalue weighted by atomic mass is 127. The van der Waals surface area contributed by atoms with Crippen LogP contribution in [0.1, 0.15) is 15.9 Å². The van der Waals surface area contributed by atoms with Gasteiger partial charge in [0.2, 0.25) is 0 Å². The molecule has 0 heterocycles. The first-order valence-corrected chi connectivity index (χ1v) is 8.17. The average molecular weight is 471 g/mol. The first kappa shape index (κ1) is 19.4. The molecule has 0 bridgehead atoms. The van der Waals surface area contributed by atoms with Crippen LogP contribution in [0.4, 0.5) is 5.69 Å². The number of rotatable bonds is 6. The summed E-state index contributed by atoms with van der Waals surface area (Å²) in [5, 5.41) is 24.3. The van der Waals surface area contributed by atoms with Crippen molar-refractivity contribution in [2.24, 2.45) is 5.10 Å². The summed E-state index contributed by atoms with van der Waals surface area (Å²) in [6.45, 7) is 0. The van der Waals surface area contributed by atoms with Crippen LogP contribution in [0.3, 0.4) is 0 Å². The number of ether oxygens (including phenoxy) is 2. The SMILES string of the molecule is COc1cc(C=NNC(=O)c2cc([N+](=O)[O-])ccc2O)cc(I)c1OC. The maximum absolute atomic E-state index is 12.1. The number of aromatic hydroxyl groups is 1. The molecular formula is C16H14IN3O6. The largest absolute Gasteiger partial charge is 0.507 e. The smallest absolute Gasteiger partial charge is 0.275 e. The summed E-state index contributed by atoms with van der Waals surface area (Å²) in [6, 6.07) is 6.58. The predicted molar refractivity (Wildman–Crippen MR) is 102 cm³/mol.